The van der Waals surface area contributed by atoms with E-state index in [1.807, 2.05) is 6.92 Å². The minimum atomic E-state index is -0.318. The molecule has 1 atom stereocenters. The normalized spacial score (nSPS) is 22.1. The first-order valence-corrected chi connectivity index (χ1v) is 3.88. The predicted molar refractivity (Wildman–Crippen MR) is 39.4 cm³/mol. The van der Waals surface area contributed by atoms with Gasteiger partial charge in [-0.15, -0.1) is 0 Å². The van der Waals surface area contributed by atoms with Crippen LogP contribution in [0.5, 0.6) is 0 Å². The predicted octanol–water partition coefficient (Wildman–Crippen LogP) is 1.16. The van der Waals surface area contributed by atoms with Crippen LogP contribution in [-0.2, 0) is 9.53 Å². The smallest absolute Gasteiger partial charge is 0.332 e. The Morgan fingerprint density at radius 3 is 3.09 bits per heavy atom. The highest BCUT2D eigenvalue weighted by molar-refractivity contribution is 5.76. The molecule has 4 nitrogen and oxygen atoms in total. The van der Waals surface area contributed by atoms with Crippen molar-refractivity contribution in [2.24, 2.45) is 10.2 Å². The van der Waals surface area contributed by atoms with E-state index in [0.29, 0.717) is 19.6 Å². The van der Waals surface area contributed by atoms with Gasteiger partial charge in [0, 0.05) is 6.42 Å². The Bertz CT molecular complexity index is 168. The second-order valence-electron chi connectivity index (χ2n) is 2.45. The van der Waals surface area contributed by atoms with Crippen molar-refractivity contribution in [3.05, 3.63) is 0 Å². The molecular weight excluding hydrogens is 144 g/mol. The van der Waals surface area contributed by atoms with Gasteiger partial charge in [-0.2, -0.15) is 10.2 Å². The SMILES string of the molecule is CCCOC(=O)C1CCN=N1. The molecule has 1 rings (SSSR count). The Morgan fingerprint density at radius 1 is 1.73 bits per heavy atom. The summed E-state index contributed by atoms with van der Waals surface area (Å²) in [5.74, 6) is -0.229. The van der Waals surface area contributed by atoms with Crippen molar-refractivity contribution >= 4 is 5.97 Å². The Kier molecular flexibility index (Phi) is 3.01. The number of esters is 1. The van der Waals surface area contributed by atoms with E-state index < -0.39 is 0 Å². The summed E-state index contributed by atoms with van der Waals surface area (Å²) in [4.78, 5) is 11.0. The van der Waals surface area contributed by atoms with Gasteiger partial charge in [0.2, 0.25) is 0 Å². The van der Waals surface area contributed by atoms with Crippen LogP contribution in [0, 0.1) is 0 Å². The second kappa shape index (κ2) is 4.05. The summed E-state index contributed by atoms with van der Waals surface area (Å²) >= 11 is 0. The van der Waals surface area contributed by atoms with E-state index in [-0.39, 0.29) is 12.0 Å². The number of carbonyl (C=O) groups is 1. The van der Waals surface area contributed by atoms with E-state index in [2.05, 4.69) is 10.2 Å². The van der Waals surface area contributed by atoms with E-state index in [1.165, 1.54) is 0 Å². The summed E-state index contributed by atoms with van der Waals surface area (Å²) in [7, 11) is 0. The molecule has 0 N–H and O–H groups in total. The second-order valence-corrected chi connectivity index (χ2v) is 2.45. The maximum atomic E-state index is 11.0. The topological polar surface area (TPSA) is 51.0 Å². The molecule has 0 aromatic heterocycles. The van der Waals surface area contributed by atoms with Crippen LogP contribution in [0.2, 0.25) is 0 Å². The largest absolute Gasteiger partial charge is 0.464 e. The van der Waals surface area contributed by atoms with Crippen molar-refractivity contribution in [1.82, 2.24) is 0 Å². The molecule has 1 aliphatic rings. The molecule has 0 spiro atoms. The number of azo groups is 1. The third-order valence-electron chi connectivity index (χ3n) is 1.44. The zero-order valence-corrected chi connectivity index (χ0v) is 6.62. The van der Waals surface area contributed by atoms with Crippen LogP contribution in [0.1, 0.15) is 19.8 Å². The molecule has 1 unspecified atom stereocenters. The van der Waals surface area contributed by atoms with Crippen LogP contribution in [0.25, 0.3) is 0 Å². The first-order chi connectivity index (χ1) is 5.34. The third kappa shape index (κ3) is 2.29. The number of rotatable bonds is 3. The van der Waals surface area contributed by atoms with E-state index in [0.717, 1.165) is 6.42 Å². The first kappa shape index (κ1) is 8.17. The highest BCUT2D eigenvalue weighted by Gasteiger charge is 2.21. The summed E-state index contributed by atoms with van der Waals surface area (Å²) in [6.07, 6.45) is 1.57. The Labute approximate surface area is 65.6 Å². The summed E-state index contributed by atoms with van der Waals surface area (Å²) in [6, 6.07) is -0.318. The molecule has 0 bridgehead atoms. The minimum Gasteiger partial charge on any atom is -0.464 e. The van der Waals surface area contributed by atoms with Gasteiger partial charge >= 0.3 is 5.97 Å². The van der Waals surface area contributed by atoms with Gasteiger partial charge in [0.25, 0.3) is 0 Å². The first-order valence-electron chi connectivity index (χ1n) is 3.88. The highest BCUT2D eigenvalue weighted by Crippen LogP contribution is 2.09. The van der Waals surface area contributed by atoms with E-state index in [4.69, 9.17) is 4.74 Å². The molecule has 0 fully saturated rings. The van der Waals surface area contributed by atoms with Gasteiger partial charge in [0.15, 0.2) is 6.04 Å². The average molecular weight is 156 g/mol. The van der Waals surface area contributed by atoms with Gasteiger partial charge in [0.05, 0.1) is 13.2 Å². The van der Waals surface area contributed by atoms with Gasteiger partial charge in [0.1, 0.15) is 0 Å². The molecule has 0 aliphatic carbocycles. The summed E-state index contributed by atoms with van der Waals surface area (Å²) in [5, 5.41) is 7.46. The van der Waals surface area contributed by atoms with Gasteiger partial charge in [-0.25, -0.2) is 4.79 Å². The van der Waals surface area contributed by atoms with Crippen LogP contribution in [0.4, 0.5) is 0 Å². The lowest BCUT2D eigenvalue weighted by Crippen LogP contribution is -2.19. The monoisotopic (exact) mass is 156 g/mol. The van der Waals surface area contributed by atoms with Crippen LogP contribution in [0.3, 0.4) is 0 Å². The molecule has 0 aromatic rings. The maximum Gasteiger partial charge on any atom is 0.332 e. The van der Waals surface area contributed by atoms with Gasteiger partial charge < -0.3 is 4.74 Å². The van der Waals surface area contributed by atoms with E-state index in [1.54, 1.807) is 0 Å². The Hall–Kier alpha value is -0.930. The molecule has 0 aromatic carbocycles. The van der Waals surface area contributed by atoms with Crippen molar-refractivity contribution in [1.29, 1.82) is 0 Å². The highest BCUT2D eigenvalue weighted by atomic mass is 16.5. The zero-order valence-electron chi connectivity index (χ0n) is 6.62. The summed E-state index contributed by atoms with van der Waals surface area (Å²) < 4.78 is 4.88. The average Bonchev–Trinajstić information content (AvgIpc) is 2.52. The minimum absolute atomic E-state index is 0.229. The third-order valence-corrected chi connectivity index (χ3v) is 1.44. The fraction of sp³-hybridized carbons (Fsp3) is 0.857. The molecule has 0 saturated heterocycles. The van der Waals surface area contributed by atoms with Crippen LogP contribution >= 0.6 is 0 Å². The van der Waals surface area contributed by atoms with Crippen molar-refractivity contribution in [3.8, 4) is 0 Å². The summed E-state index contributed by atoms with van der Waals surface area (Å²) in [5.41, 5.74) is 0. The number of nitrogens with zero attached hydrogens (tertiary/aromatic N) is 2. The van der Waals surface area contributed by atoms with Crippen LogP contribution in [-0.4, -0.2) is 25.2 Å². The van der Waals surface area contributed by atoms with Crippen molar-refractivity contribution in [2.45, 2.75) is 25.8 Å². The van der Waals surface area contributed by atoms with Gasteiger partial charge in [-0.1, -0.05) is 6.92 Å². The molecule has 4 heteroatoms. The molecular formula is C7H12N2O2. The molecule has 11 heavy (non-hydrogen) atoms. The molecule has 0 amide bonds. The van der Waals surface area contributed by atoms with Gasteiger partial charge in [-0.05, 0) is 6.42 Å². The lowest BCUT2D eigenvalue weighted by molar-refractivity contribution is -0.145. The maximum absolute atomic E-state index is 11.0. The van der Waals surface area contributed by atoms with Crippen molar-refractivity contribution < 1.29 is 9.53 Å². The quantitative estimate of drug-likeness (QED) is 0.576. The lowest BCUT2D eigenvalue weighted by atomic mass is 10.2. The number of hydrogen-bond donors (Lipinski definition) is 0. The molecule has 0 radical (unpaired) electrons. The Morgan fingerprint density at radius 2 is 2.55 bits per heavy atom. The fourth-order valence-corrected chi connectivity index (χ4v) is 0.858. The van der Waals surface area contributed by atoms with E-state index >= 15 is 0 Å². The number of hydrogen-bond acceptors (Lipinski definition) is 4. The number of ether oxygens (including phenoxy) is 1. The van der Waals surface area contributed by atoms with Gasteiger partial charge in [-0.3, -0.25) is 0 Å². The standard InChI is InChI=1S/C7H12N2O2/c1-2-5-11-7(10)6-3-4-8-9-6/h6H,2-5H2,1H3. The number of carbonyl (C=O) groups excluding carboxylic acids is 1. The molecule has 1 aliphatic heterocycles. The molecule has 0 saturated carbocycles. The van der Waals surface area contributed by atoms with Crippen LogP contribution in [0.15, 0.2) is 10.2 Å². The van der Waals surface area contributed by atoms with Crippen molar-refractivity contribution in [3.63, 3.8) is 0 Å². The van der Waals surface area contributed by atoms with Crippen LogP contribution < -0.4 is 0 Å². The fourth-order valence-electron chi connectivity index (χ4n) is 0.858. The van der Waals surface area contributed by atoms with Crippen molar-refractivity contribution in [2.75, 3.05) is 13.2 Å². The van der Waals surface area contributed by atoms with E-state index in [9.17, 15) is 4.79 Å². The Balaban J connectivity index is 2.23. The summed E-state index contributed by atoms with van der Waals surface area (Å²) in [6.45, 7) is 3.11. The molecule has 1 heterocycles. The zero-order chi connectivity index (χ0) is 8.10. The molecule has 62 valence electrons. The lowest BCUT2D eigenvalue weighted by Gasteiger charge is -2.04.